The molecule has 4 rings (SSSR count). The minimum Gasteiger partial charge on any atom is -0.372 e. The van der Waals surface area contributed by atoms with Crippen LogP contribution >= 0.6 is 0 Å². The standard InChI is InChI=1S/C20H30N4O3/c25-19-13-17-3-1-4-18(17)21-24(19)14-16-5-8-22(9-6-16)10-11-23-7-2-12-27-15-20(23)26/h13,16H,1-12,14-15H2. The number of nitrogens with zero attached hydrogens (tertiary/aromatic N) is 4. The van der Waals surface area contributed by atoms with E-state index in [1.165, 1.54) is 0 Å². The van der Waals surface area contributed by atoms with E-state index in [1.54, 1.807) is 10.7 Å². The van der Waals surface area contributed by atoms with Gasteiger partial charge in [0.05, 0.1) is 5.69 Å². The van der Waals surface area contributed by atoms with Crippen molar-refractivity contribution in [1.29, 1.82) is 0 Å². The molecule has 7 heteroatoms. The molecule has 0 spiro atoms. The second kappa shape index (κ2) is 8.52. The molecule has 1 aromatic rings. The highest BCUT2D eigenvalue weighted by Crippen LogP contribution is 2.20. The Morgan fingerprint density at radius 1 is 1.07 bits per heavy atom. The van der Waals surface area contributed by atoms with E-state index in [-0.39, 0.29) is 18.1 Å². The van der Waals surface area contributed by atoms with E-state index in [9.17, 15) is 9.59 Å². The Kier molecular flexibility index (Phi) is 5.88. The maximum absolute atomic E-state index is 12.3. The molecule has 148 valence electrons. The van der Waals surface area contributed by atoms with E-state index in [1.807, 2.05) is 4.90 Å². The summed E-state index contributed by atoms with van der Waals surface area (Å²) in [6.45, 7) is 6.23. The van der Waals surface area contributed by atoms with Crippen molar-refractivity contribution < 1.29 is 9.53 Å². The van der Waals surface area contributed by atoms with Crippen LogP contribution in [0.5, 0.6) is 0 Å². The number of ether oxygens (including phenoxy) is 1. The fourth-order valence-corrected chi connectivity index (χ4v) is 4.44. The van der Waals surface area contributed by atoms with Gasteiger partial charge in [0, 0.05) is 38.9 Å². The molecular formula is C20H30N4O3. The Morgan fingerprint density at radius 3 is 2.78 bits per heavy atom. The largest absolute Gasteiger partial charge is 0.372 e. The fourth-order valence-electron chi connectivity index (χ4n) is 4.44. The van der Waals surface area contributed by atoms with E-state index in [2.05, 4.69) is 10.00 Å². The van der Waals surface area contributed by atoms with Gasteiger partial charge in [-0.1, -0.05) is 0 Å². The Bertz CT molecular complexity index is 724. The second-order valence-electron chi connectivity index (χ2n) is 8.06. The SMILES string of the molecule is O=C1COCCCN1CCN1CCC(Cn2nc3c(cc2=O)CCC3)CC1. The van der Waals surface area contributed by atoms with Crippen LogP contribution in [0.3, 0.4) is 0 Å². The first-order valence-corrected chi connectivity index (χ1v) is 10.4. The number of hydrogen-bond acceptors (Lipinski definition) is 5. The number of likely N-dealkylation sites (tertiary alicyclic amines) is 1. The third kappa shape index (κ3) is 4.58. The predicted octanol–water partition coefficient (Wildman–Crippen LogP) is 0.693. The molecule has 7 nitrogen and oxygen atoms in total. The van der Waals surface area contributed by atoms with Crippen molar-refractivity contribution in [3.05, 3.63) is 27.7 Å². The number of piperidine rings is 1. The van der Waals surface area contributed by atoms with Crippen LogP contribution in [0.4, 0.5) is 0 Å². The lowest BCUT2D eigenvalue weighted by Gasteiger charge is -2.33. The van der Waals surface area contributed by atoms with Crippen LogP contribution in [0, 0.1) is 5.92 Å². The third-order valence-corrected chi connectivity index (χ3v) is 6.14. The molecule has 0 bridgehead atoms. The van der Waals surface area contributed by atoms with Crippen LogP contribution < -0.4 is 5.56 Å². The Morgan fingerprint density at radius 2 is 1.93 bits per heavy atom. The molecule has 0 radical (unpaired) electrons. The van der Waals surface area contributed by atoms with Crippen molar-refractivity contribution in [3.8, 4) is 0 Å². The molecule has 2 aliphatic heterocycles. The molecule has 27 heavy (non-hydrogen) atoms. The smallest absolute Gasteiger partial charge is 0.267 e. The molecule has 3 heterocycles. The van der Waals surface area contributed by atoms with Crippen molar-refractivity contribution >= 4 is 5.91 Å². The zero-order chi connectivity index (χ0) is 18.6. The summed E-state index contributed by atoms with van der Waals surface area (Å²) in [5.74, 6) is 0.628. The van der Waals surface area contributed by atoms with Crippen molar-refractivity contribution in [3.63, 3.8) is 0 Å². The zero-order valence-corrected chi connectivity index (χ0v) is 16.1. The number of rotatable bonds is 5. The lowest BCUT2D eigenvalue weighted by molar-refractivity contribution is -0.134. The first kappa shape index (κ1) is 18.6. The van der Waals surface area contributed by atoms with Gasteiger partial charge in [-0.3, -0.25) is 9.59 Å². The number of aryl methyl sites for hydroxylation is 2. The summed E-state index contributed by atoms with van der Waals surface area (Å²) >= 11 is 0. The quantitative estimate of drug-likeness (QED) is 0.759. The second-order valence-corrected chi connectivity index (χ2v) is 8.06. The summed E-state index contributed by atoms with van der Waals surface area (Å²) in [7, 11) is 0. The van der Waals surface area contributed by atoms with Gasteiger partial charge in [-0.2, -0.15) is 5.10 Å². The Labute approximate surface area is 160 Å². The number of carbonyl (C=O) groups is 1. The van der Waals surface area contributed by atoms with Gasteiger partial charge in [0.2, 0.25) is 5.91 Å². The summed E-state index contributed by atoms with van der Waals surface area (Å²) in [6, 6.07) is 1.80. The lowest BCUT2D eigenvalue weighted by Crippen LogP contribution is -2.43. The summed E-state index contributed by atoms with van der Waals surface area (Å²) in [6.07, 6.45) is 6.23. The van der Waals surface area contributed by atoms with Crippen molar-refractivity contribution in [2.45, 2.75) is 45.1 Å². The topological polar surface area (TPSA) is 67.7 Å². The van der Waals surface area contributed by atoms with Gasteiger partial charge in [-0.15, -0.1) is 0 Å². The molecule has 1 aliphatic carbocycles. The molecule has 0 atom stereocenters. The van der Waals surface area contributed by atoms with E-state index in [0.717, 1.165) is 89.1 Å². The Balaban J connectivity index is 1.24. The highest BCUT2D eigenvalue weighted by atomic mass is 16.5. The number of amides is 1. The van der Waals surface area contributed by atoms with Crippen LogP contribution in [0.15, 0.2) is 10.9 Å². The van der Waals surface area contributed by atoms with Gasteiger partial charge < -0.3 is 14.5 Å². The molecule has 0 saturated carbocycles. The Hall–Kier alpha value is -1.73. The molecular weight excluding hydrogens is 344 g/mol. The molecule has 0 aromatic carbocycles. The first-order chi connectivity index (χ1) is 13.2. The van der Waals surface area contributed by atoms with Crippen LogP contribution in [-0.4, -0.2) is 71.4 Å². The third-order valence-electron chi connectivity index (χ3n) is 6.14. The van der Waals surface area contributed by atoms with E-state index < -0.39 is 0 Å². The monoisotopic (exact) mass is 374 g/mol. The summed E-state index contributed by atoms with van der Waals surface area (Å²) in [5, 5.41) is 4.62. The number of carbonyl (C=O) groups excluding carboxylic acids is 1. The molecule has 0 unspecified atom stereocenters. The van der Waals surface area contributed by atoms with Gasteiger partial charge in [0.25, 0.3) is 5.56 Å². The van der Waals surface area contributed by atoms with Crippen LogP contribution in [0.2, 0.25) is 0 Å². The van der Waals surface area contributed by atoms with Gasteiger partial charge >= 0.3 is 0 Å². The van der Waals surface area contributed by atoms with Crippen molar-refractivity contribution in [2.75, 3.05) is 45.9 Å². The first-order valence-electron chi connectivity index (χ1n) is 10.4. The lowest BCUT2D eigenvalue weighted by atomic mass is 9.97. The van der Waals surface area contributed by atoms with Gasteiger partial charge in [-0.05, 0) is 63.1 Å². The van der Waals surface area contributed by atoms with Gasteiger partial charge in [-0.25, -0.2) is 4.68 Å². The van der Waals surface area contributed by atoms with Gasteiger partial charge in [0.1, 0.15) is 6.61 Å². The highest BCUT2D eigenvalue weighted by molar-refractivity contribution is 5.77. The van der Waals surface area contributed by atoms with Crippen molar-refractivity contribution in [1.82, 2.24) is 19.6 Å². The predicted molar refractivity (Wildman–Crippen MR) is 102 cm³/mol. The number of hydrogen-bond donors (Lipinski definition) is 0. The average Bonchev–Trinajstić information content (AvgIpc) is 3.01. The average molecular weight is 374 g/mol. The maximum atomic E-state index is 12.3. The molecule has 2 saturated heterocycles. The van der Waals surface area contributed by atoms with E-state index in [4.69, 9.17) is 4.74 Å². The minimum absolute atomic E-state index is 0.0555. The van der Waals surface area contributed by atoms with Crippen LogP contribution in [-0.2, 0) is 28.9 Å². The van der Waals surface area contributed by atoms with Crippen LogP contribution in [0.25, 0.3) is 0 Å². The number of fused-ring (bicyclic) bond motifs is 1. The molecule has 1 aromatic heterocycles. The highest BCUT2D eigenvalue weighted by Gasteiger charge is 2.23. The van der Waals surface area contributed by atoms with E-state index in [0.29, 0.717) is 12.5 Å². The van der Waals surface area contributed by atoms with Crippen molar-refractivity contribution in [2.24, 2.45) is 5.92 Å². The summed E-state index contributed by atoms with van der Waals surface area (Å²) < 4.78 is 6.99. The van der Waals surface area contributed by atoms with Gasteiger partial charge in [0.15, 0.2) is 0 Å². The summed E-state index contributed by atoms with van der Waals surface area (Å²) in [4.78, 5) is 28.7. The molecule has 0 N–H and O–H groups in total. The number of aromatic nitrogens is 2. The molecule has 3 aliphatic rings. The van der Waals surface area contributed by atoms with Crippen LogP contribution in [0.1, 0.15) is 36.9 Å². The fraction of sp³-hybridized carbons (Fsp3) is 0.750. The molecule has 1 amide bonds. The molecule has 2 fully saturated rings. The normalized spacial score (nSPS) is 22.1. The minimum atomic E-state index is 0.0555. The maximum Gasteiger partial charge on any atom is 0.267 e. The zero-order valence-electron chi connectivity index (χ0n) is 16.1. The van der Waals surface area contributed by atoms with E-state index >= 15 is 0 Å². The summed E-state index contributed by atoms with van der Waals surface area (Å²) in [5.41, 5.74) is 2.33.